The highest BCUT2D eigenvalue weighted by molar-refractivity contribution is 9.10. The number of fused-ring (bicyclic) bond motifs is 9. The van der Waals surface area contributed by atoms with Crippen molar-refractivity contribution in [2.24, 2.45) is 0 Å². The van der Waals surface area contributed by atoms with Crippen LogP contribution in [0.5, 0.6) is 0 Å². The van der Waals surface area contributed by atoms with Crippen LogP contribution in [0.25, 0.3) is 16.7 Å². The molecule has 2 heteroatoms. The van der Waals surface area contributed by atoms with Gasteiger partial charge in [0.2, 0.25) is 0 Å². The molecule has 0 N–H and O–H groups in total. The molecule has 6 rings (SSSR count). The summed E-state index contributed by atoms with van der Waals surface area (Å²) in [7, 11) is 0. The topological polar surface area (TPSA) is 0 Å². The largest absolute Gasteiger partial charge is 0.0836 e. The third-order valence-corrected chi connectivity index (χ3v) is 7.29. The molecule has 0 fully saturated rings. The van der Waals surface area contributed by atoms with Gasteiger partial charge in [-0.05, 0) is 81.6 Å². The lowest BCUT2D eigenvalue weighted by Gasteiger charge is -2.33. The Balaban J connectivity index is 1.84. The fraction of sp³-hybridized carbons (Fsp3) is 0.120. The van der Waals surface area contributed by atoms with Crippen LogP contribution in [0.4, 0.5) is 0 Å². The highest BCUT2D eigenvalue weighted by Crippen LogP contribution is 2.63. The SMILES string of the molecule is Brc1ccc2c(c1)C1(C3=C(C=CCC3)c3ccccc31)c1cc(Br)ccc1-2. The summed E-state index contributed by atoms with van der Waals surface area (Å²) in [5.41, 5.74) is 11.2. The third-order valence-electron chi connectivity index (χ3n) is 6.31. The van der Waals surface area contributed by atoms with Crippen molar-refractivity contribution in [3.05, 3.63) is 110 Å². The van der Waals surface area contributed by atoms with E-state index in [9.17, 15) is 0 Å². The maximum absolute atomic E-state index is 3.74. The van der Waals surface area contributed by atoms with E-state index in [1.54, 1.807) is 5.57 Å². The van der Waals surface area contributed by atoms with Crippen molar-refractivity contribution < 1.29 is 0 Å². The number of benzene rings is 3. The van der Waals surface area contributed by atoms with E-state index in [4.69, 9.17) is 0 Å². The molecule has 130 valence electrons. The van der Waals surface area contributed by atoms with Gasteiger partial charge < -0.3 is 0 Å². The molecule has 0 amide bonds. The second-order valence-corrected chi connectivity index (χ2v) is 9.34. The van der Waals surface area contributed by atoms with E-state index in [2.05, 4.69) is 105 Å². The van der Waals surface area contributed by atoms with Gasteiger partial charge in [0, 0.05) is 8.95 Å². The Hall–Kier alpha value is -1.90. The zero-order valence-electron chi connectivity index (χ0n) is 14.6. The van der Waals surface area contributed by atoms with Gasteiger partial charge in [0.05, 0.1) is 5.41 Å². The summed E-state index contributed by atoms with van der Waals surface area (Å²) < 4.78 is 2.29. The summed E-state index contributed by atoms with van der Waals surface area (Å²) in [6, 6.07) is 22.6. The van der Waals surface area contributed by atoms with E-state index in [1.165, 1.54) is 39.0 Å². The predicted octanol–water partition coefficient (Wildman–Crippen LogP) is 7.64. The Kier molecular flexibility index (Phi) is 3.31. The molecule has 0 unspecified atom stereocenters. The molecule has 3 aliphatic rings. The second kappa shape index (κ2) is 5.56. The van der Waals surface area contributed by atoms with E-state index in [0.29, 0.717) is 0 Å². The summed E-state index contributed by atoms with van der Waals surface area (Å²) in [5, 5.41) is 0. The maximum atomic E-state index is 3.74. The minimum absolute atomic E-state index is 0.172. The Morgan fingerprint density at radius 1 is 0.704 bits per heavy atom. The van der Waals surface area contributed by atoms with Crippen molar-refractivity contribution in [3.63, 3.8) is 0 Å². The molecule has 27 heavy (non-hydrogen) atoms. The third kappa shape index (κ3) is 1.93. The second-order valence-electron chi connectivity index (χ2n) is 7.51. The molecule has 0 saturated carbocycles. The van der Waals surface area contributed by atoms with Crippen LogP contribution in [0.3, 0.4) is 0 Å². The molecule has 0 bridgehead atoms. The van der Waals surface area contributed by atoms with E-state index < -0.39 is 0 Å². The van der Waals surface area contributed by atoms with Crippen LogP contribution in [0.2, 0.25) is 0 Å². The Morgan fingerprint density at radius 3 is 2.07 bits per heavy atom. The van der Waals surface area contributed by atoms with Crippen LogP contribution in [-0.4, -0.2) is 0 Å². The maximum Gasteiger partial charge on any atom is 0.0689 e. The lowest BCUT2D eigenvalue weighted by molar-refractivity contribution is 0.713. The molecular weight excluding hydrogens is 460 g/mol. The van der Waals surface area contributed by atoms with Crippen molar-refractivity contribution in [3.8, 4) is 11.1 Å². The molecule has 0 aromatic heterocycles. The van der Waals surface area contributed by atoms with Crippen molar-refractivity contribution >= 4 is 37.4 Å². The minimum atomic E-state index is -0.172. The number of halogens is 2. The average Bonchev–Trinajstić information content (AvgIpc) is 3.14. The van der Waals surface area contributed by atoms with Gasteiger partial charge >= 0.3 is 0 Å². The summed E-state index contributed by atoms with van der Waals surface area (Å²) in [4.78, 5) is 0. The highest BCUT2D eigenvalue weighted by Gasteiger charge is 2.52. The summed E-state index contributed by atoms with van der Waals surface area (Å²) in [6.45, 7) is 0. The molecule has 0 radical (unpaired) electrons. The molecule has 3 aliphatic carbocycles. The van der Waals surface area contributed by atoms with Gasteiger partial charge in [0.25, 0.3) is 0 Å². The zero-order valence-corrected chi connectivity index (χ0v) is 17.8. The van der Waals surface area contributed by atoms with Gasteiger partial charge in [-0.3, -0.25) is 0 Å². The van der Waals surface area contributed by atoms with Crippen molar-refractivity contribution in [2.45, 2.75) is 18.3 Å². The lowest BCUT2D eigenvalue weighted by Crippen LogP contribution is -2.27. The van der Waals surface area contributed by atoms with Crippen molar-refractivity contribution in [1.29, 1.82) is 0 Å². The number of hydrogen-bond acceptors (Lipinski definition) is 0. The Bertz CT molecular complexity index is 1150. The zero-order chi connectivity index (χ0) is 18.2. The fourth-order valence-electron chi connectivity index (χ4n) is 5.40. The number of allylic oxidation sites excluding steroid dienone is 4. The fourth-order valence-corrected chi connectivity index (χ4v) is 6.12. The van der Waals surface area contributed by atoms with Crippen molar-refractivity contribution in [2.75, 3.05) is 0 Å². The van der Waals surface area contributed by atoms with Crippen LogP contribution < -0.4 is 0 Å². The van der Waals surface area contributed by atoms with Crippen LogP contribution in [-0.2, 0) is 5.41 Å². The molecule has 3 aromatic carbocycles. The monoisotopic (exact) mass is 474 g/mol. The number of hydrogen-bond donors (Lipinski definition) is 0. The molecule has 0 heterocycles. The highest BCUT2D eigenvalue weighted by atomic mass is 79.9. The van der Waals surface area contributed by atoms with E-state index in [1.807, 2.05) is 0 Å². The van der Waals surface area contributed by atoms with Crippen LogP contribution in [0, 0.1) is 0 Å². The van der Waals surface area contributed by atoms with Gasteiger partial charge in [-0.15, -0.1) is 0 Å². The lowest BCUT2D eigenvalue weighted by atomic mass is 9.68. The van der Waals surface area contributed by atoms with E-state index >= 15 is 0 Å². The van der Waals surface area contributed by atoms with Crippen LogP contribution in [0.1, 0.15) is 35.1 Å². The summed E-state index contributed by atoms with van der Waals surface area (Å²) in [6.07, 6.45) is 6.90. The minimum Gasteiger partial charge on any atom is -0.0836 e. The molecule has 0 aliphatic heterocycles. The van der Waals surface area contributed by atoms with Gasteiger partial charge in [0.1, 0.15) is 0 Å². The normalized spacial score (nSPS) is 17.7. The van der Waals surface area contributed by atoms with Gasteiger partial charge in [-0.2, -0.15) is 0 Å². The average molecular weight is 476 g/mol. The molecular formula is C25H16Br2. The van der Waals surface area contributed by atoms with Gasteiger partial charge in [0.15, 0.2) is 0 Å². The molecule has 0 nitrogen and oxygen atoms in total. The standard InChI is InChI=1S/C25H16Br2/c26-15-9-11-19-20-12-10-16(27)14-24(20)25(23(19)13-15)21-7-3-1-5-17(21)18-6-2-4-8-22(18)25/h1-3,5-7,9-14H,4,8H2. The first-order chi connectivity index (χ1) is 13.2. The summed E-state index contributed by atoms with van der Waals surface area (Å²) in [5.74, 6) is 0. The van der Waals surface area contributed by atoms with Crippen molar-refractivity contribution in [1.82, 2.24) is 0 Å². The first-order valence-corrected chi connectivity index (χ1v) is 10.9. The molecule has 3 aromatic rings. The quantitative estimate of drug-likeness (QED) is 0.313. The smallest absolute Gasteiger partial charge is 0.0689 e. The van der Waals surface area contributed by atoms with Crippen LogP contribution >= 0.6 is 31.9 Å². The van der Waals surface area contributed by atoms with E-state index in [-0.39, 0.29) is 5.41 Å². The molecule has 1 spiro atoms. The van der Waals surface area contributed by atoms with Crippen LogP contribution in [0.15, 0.2) is 87.3 Å². The first-order valence-electron chi connectivity index (χ1n) is 9.32. The molecule has 0 saturated heterocycles. The molecule has 0 atom stereocenters. The Labute approximate surface area is 175 Å². The first kappa shape index (κ1) is 16.1. The summed E-state index contributed by atoms with van der Waals surface area (Å²) >= 11 is 7.49. The Morgan fingerprint density at radius 2 is 1.37 bits per heavy atom. The van der Waals surface area contributed by atoms with Gasteiger partial charge in [-0.1, -0.05) is 80.4 Å². The van der Waals surface area contributed by atoms with Gasteiger partial charge in [-0.25, -0.2) is 0 Å². The predicted molar refractivity (Wildman–Crippen MR) is 119 cm³/mol. The van der Waals surface area contributed by atoms with E-state index in [0.717, 1.165) is 21.8 Å². The number of rotatable bonds is 0.